The molecule has 1 rings (SSSR count). The van der Waals surface area contributed by atoms with Gasteiger partial charge in [-0.2, -0.15) is 18.4 Å². The Morgan fingerprint density at radius 3 is 2.40 bits per heavy atom. The minimum absolute atomic E-state index is 0.346. The summed E-state index contributed by atoms with van der Waals surface area (Å²) in [6, 6.07) is 2.94. The Hall–Kier alpha value is -1.82. The van der Waals surface area contributed by atoms with E-state index in [1.165, 1.54) is 6.07 Å². The quantitative estimate of drug-likeness (QED) is 0.483. The summed E-state index contributed by atoms with van der Waals surface area (Å²) in [5.74, 6) is -1.23. The van der Waals surface area contributed by atoms with Crippen LogP contribution in [-0.2, 0) is 4.74 Å². The summed E-state index contributed by atoms with van der Waals surface area (Å²) in [4.78, 5) is 10.5. The first-order valence-corrected chi connectivity index (χ1v) is 5.71. The molecule has 0 amide bonds. The standard InChI is InChI=1S/C11H6F5NO2S/c1-19-10(18)6-2-5(4-17)3-7(8(6)9(12)13)20-11(14,15)16/h2-3,9H,1H3. The molecule has 0 heterocycles. The van der Waals surface area contributed by atoms with E-state index in [1.807, 2.05) is 0 Å². The number of methoxy groups -OCH3 is 1. The van der Waals surface area contributed by atoms with Gasteiger partial charge in [0.05, 0.1) is 24.3 Å². The first kappa shape index (κ1) is 16.2. The smallest absolute Gasteiger partial charge is 0.446 e. The second-order valence-electron chi connectivity index (χ2n) is 3.39. The summed E-state index contributed by atoms with van der Waals surface area (Å²) >= 11 is -0.812. The molecule has 0 saturated heterocycles. The number of halogens is 5. The average Bonchev–Trinajstić information content (AvgIpc) is 2.34. The molecule has 0 aliphatic carbocycles. The fourth-order valence-electron chi connectivity index (χ4n) is 1.40. The first-order chi connectivity index (χ1) is 9.19. The van der Waals surface area contributed by atoms with E-state index in [-0.39, 0.29) is 5.56 Å². The molecule has 0 aliphatic heterocycles. The molecule has 0 fully saturated rings. The lowest BCUT2D eigenvalue weighted by Crippen LogP contribution is -2.10. The summed E-state index contributed by atoms with van der Waals surface area (Å²) in [6.07, 6.45) is -3.32. The molecule has 0 unspecified atom stereocenters. The third kappa shape index (κ3) is 3.84. The van der Waals surface area contributed by atoms with E-state index in [4.69, 9.17) is 5.26 Å². The Kier molecular flexibility index (Phi) is 4.94. The van der Waals surface area contributed by atoms with Gasteiger partial charge in [-0.25, -0.2) is 13.6 Å². The van der Waals surface area contributed by atoms with Crippen LogP contribution in [-0.4, -0.2) is 18.6 Å². The van der Waals surface area contributed by atoms with Gasteiger partial charge >= 0.3 is 11.5 Å². The van der Waals surface area contributed by atoms with Crippen LogP contribution < -0.4 is 0 Å². The Bertz CT molecular complexity index is 565. The van der Waals surface area contributed by atoms with Gasteiger partial charge in [0, 0.05) is 10.5 Å². The number of carbonyl (C=O) groups is 1. The minimum Gasteiger partial charge on any atom is -0.465 e. The topological polar surface area (TPSA) is 50.1 Å². The molecule has 3 nitrogen and oxygen atoms in total. The Morgan fingerprint density at radius 1 is 1.40 bits per heavy atom. The zero-order valence-corrected chi connectivity index (χ0v) is 10.6. The summed E-state index contributed by atoms with van der Waals surface area (Å²) < 4.78 is 67.2. The van der Waals surface area contributed by atoms with Gasteiger partial charge in [0.2, 0.25) is 0 Å². The van der Waals surface area contributed by atoms with Gasteiger partial charge in [-0.15, -0.1) is 0 Å². The van der Waals surface area contributed by atoms with Crippen LogP contribution in [0.5, 0.6) is 0 Å². The number of nitriles is 1. The van der Waals surface area contributed by atoms with E-state index in [9.17, 15) is 26.7 Å². The summed E-state index contributed by atoms with van der Waals surface area (Å²) in [7, 11) is 0.896. The van der Waals surface area contributed by atoms with Crippen molar-refractivity contribution in [3.8, 4) is 6.07 Å². The van der Waals surface area contributed by atoms with Gasteiger partial charge in [-0.05, 0) is 23.9 Å². The van der Waals surface area contributed by atoms with Gasteiger partial charge in [0.15, 0.2) is 0 Å². The second kappa shape index (κ2) is 6.09. The molecule has 9 heteroatoms. The van der Waals surface area contributed by atoms with Crippen LogP contribution >= 0.6 is 11.8 Å². The van der Waals surface area contributed by atoms with Crippen LogP contribution in [0.4, 0.5) is 22.0 Å². The number of hydrogen-bond donors (Lipinski definition) is 0. The van der Waals surface area contributed by atoms with E-state index in [1.54, 1.807) is 0 Å². The summed E-state index contributed by atoms with van der Waals surface area (Å²) in [6.45, 7) is 0. The largest absolute Gasteiger partial charge is 0.465 e. The van der Waals surface area contributed by atoms with E-state index in [0.717, 1.165) is 13.2 Å². The summed E-state index contributed by atoms with van der Waals surface area (Å²) in [5, 5.41) is 8.69. The fraction of sp³-hybridized carbons (Fsp3) is 0.273. The van der Waals surface area contributed by atoms with Crippen molar-refractivity contribution >= 4 is 17.7 Å². The maximum Gasteiger partial charge on any atom is 0.446 e. The highest BCUT2D eigenvalue weighted by molar-refractivity contribution is 8.00. The molecule has 0 aliphatic rings. The molecule has 0 spiro atoms. The number of esters is 1. The van der Waals surface area contributed by atoms with E-state index in [2.05, 4.69) is 4.74 Å². The van der Waals surface area contributed by atoms with Crippen LogP contribution in [0.15, 0.2) is 17.0 Å². The van der Waals surface area contributed by atoms with Crippen molar-refractivity contribution in [3.63, 3.8) is 0 Å². The second-order valence-corrected chi connectivity index (χ2v) is 4.49. The number of ether oxygens (including phenoxy) is 1. The normalized spacial score (nSPS) is 11.3. The molecule has 0 bridgehead atoms. The third-order valence-corrected chi connectivity index (χ3v) is 2.91. The number of hydrogen-bond acceptors (Lipinski definition) is 4. The SMILES string of the molecule is COC(=O)c1cc(C#N)cc(SC(F)(F)F)c1C(F)F. The van der Waals surface area contributed by atoms with E-state index < -0.39 is 45.7 Å². The van der Waals surface area contributed by atoms with Gasteiger partial charge in [-0.1, -0.05) is 0 Å². The van der Waals surface area contributed by atoms with Crippen LogP contribution in [0.25, 0.3) is 0 Å². The average molecular weight is 311 g/mol. The van der Waals surface area contributed by atoms with Crippen LogP contribution in [0.3, 0.4) is 0 Å². The number of rotatable bonds is 3. The lowest BCUT2D eigenvalue weighted by atomic mass is 10.0. The zero-order chi connectivity index (χ0) is 15.5. The molecular weight excluding hydrogens is 305 g/mol. The lowest BCUT2D eigenvalue weighted by Gasteiger charge is -2.14. The molecule has 0 radical (unpaired) electrons. The maximum absolute atomic E-state index is 12.9. The van der Waals surface area contributed by atoms with Crippen LogP contribution in [0, 0.1) is 11.3 Å². The Morgan fingerprint density at radius 2 is 2.00 bits per heavy atom. The van der Waals surface area contributed by atoms with Gasteiger partial charge in [0.1, 0.15) is 0 Å². The minimum atomic E-state index is -4.83. The molecule has 0 N–H and O–H groups in total. The number of alkyl halides is 5. The fourth-order valence-corrected chi connectivity index (χ4v) is 2.15. The highest BCUT2D eigenvalue weighted by Gasteiger charge is 2.34. The Balaban J connectivity index is 3.55. The van der Waals surface area contributed by atoms with Crippen molar-refractivity contribution in [2.45, 2.75) is 16.8 Å². The third-order valence-electron chi connectivity index (χ3n) is 2.12. The lowest BCUT2D eigenvalue weighted by molar-refractivity contribution is -0.0329. The molecule has 20 heavy (non-hydrogen) atoms. The molecule has 1 aromatic carbocycles. The van der Waals surface area contributed by atoms with Crippen molar-refractivity contribution < 1.29 is 31.5 Å². The number of benzene rings is 1. The number of thioether (sulfide) groups is 1. The predicted molar refractivity (Wildman–Crippen MR) is 59.4 cm³/mol. The highest BCUT2D eigenvalue weighted by atomic mass is 32.2. The first-order valence-electron chi connectivity index (χ1n) is 4.90. The van der Waals surface area contributed by atoms with Gasteiger partial charge < -0.3 is 4.74 Å². The van der Waals surface area contributed by atoms with Crippen molar-refractivity contribution in [2.75, 3.05) is 7.11 Å². The van der Waals surface area contributed by atoms with Crippen LogP contribution in [0.2, 0.25) is 0 Å². The summed E-state index contributed by atoms with van der Waals surface area (Å²) in [5.41, 5.74) is -7.03. The Labute approximate surface area is 114 Å². The van der Waals surface area contributed by atoms with Gasteiger partial charge in [0.25, 0.3) is 6.43 Å². The monoisotopic (exact) mass is 311 g/mol. The van der Waals surface area contributed by atoms with Gasteiger partial charge in [-0.3, -0.25) is 0 Å². The molecule has 0 atom stereocenters. The molecule has 0 aromatic heterocycles. The maximum atomic E-state index is 12.9. The molecule has 1 aromatic rings. The predicted octanol–water partition coefficient (Wildman–Crippen LogP) is 3.89. The number of nitrogens with zero attached hydrogens (tertiary/aromatic N) is 1. The van der Waals surface area contributed by atoms with Crippen LogP contribution in [0.1, 0.15) is 27.9 Å². The molecular formula is C11H6F5NO2S. The van der Waals surface area contributed by atoms with Crippen molar-refractivity contribution in [2.24, 2.45) is 0 Å². The van der Waals surface area contributed by atoms with Crippen molar-refractivity contribution in [1.29, 1.82) is 5.26 Å². The van der Waals surface area contributed by atoms with E-state index in [0.29, 0.717) is 6.07 Å². The number of carbonyl (C=O) groups excluding carboxylic acids is 1. The van der Waals surface area contributed by atoms with Crippen molar-refractivity contribution in [3.05, 3.63) is 28.8 Å². The highest BCUT2D eigenvalue weighted by Crippen LogP contribution is 2.43. The van der Waals surface area contributed by atoms with E-state index >= 15 is 0 Å². The molecule has 108 valence electrons. The molecule has 0 saturated carbocycles. The van der Waals surface area contributed by atoms with Crippen molar-refractivity contribution in [1.82, 2.24) is 0 Å². The zero-order valence-electron chi connectivity index (χ0n) is 9.79.